The first-order chi connectivity index (χ1) is 5.61. The van der Waals surface area contributed by atoms with Gasteiger partial charge < -0.3 is 5.11 Å². The fourth-order valence-corrected chi connectivity index (χ4v) is 1.15. The number of phenols is 1. The number of hydrogen-bond acceptors (Lipinski definition) is 1. The Morgan fingerprint density at radius 1 is 1.08 bits per heavy atom. The van der Waals surface area contributed by atoms with Crippen LogP contribution in [0.5, 0.6) is 5.75 Å². The highest BCUT2D eigenvalue weighted by Crippen LogP contribution is 2.24. The van der Waals surface area contributed by atoms with Gasteiger partial charge in [-0.25, -0.2) is 0 Å². The van der Waals surface area contributed by atoms with Crippen LogP contribution in [0.2, 0.25) is 0 Å². The summed E-state index contributed by atoms with van der Waals surface area (Å²) in [6.07, 6.45) is 0. The first kappa shape index (κ1) is 11.5. The molecule has 0 fully saturated rings. The van der Waals surface area contributed by atoms with Crippen molar-refractivity contribution < 1.29 is 5.11 Å². The predicted molar refractivity (Wildman–Crippen MR) is 56.6 cm³/mol. The summed E-state index contributed by atoms with van der Waals surface area (Å²) in [4.78, 5) is 0. The summed E-state index contributed by atoms with van der Waals surface area (Å²) >= 11 is 3.32. The quantitative estimate of drug-likeness (QED) is 0.720. The molecule has 12 heavy (non-hydrogen) atoms. The van der Waals surface area contributed by atoms with E-state index in [1.807, 2.05) is 33.8 Å². The fourth-order valence-electron chi connectivity index (χ4n) is 0.815. The molecule has 1 nitrogen and oxygen atoms in total. The Morgan fingerprint density at radius 3 is 2.00 bits per heavy atom. The maximum atomic E-state index is 9.19. The van der Waals surface area contributed by atoms with E-state index in [0.717, 1.165) is 15.6 Å². The van der Waals surface area contributed by atoms with Crippen LogP contribution in [0.1, 0.15) is 25.0 Å². The van der Waals surface area contributed by atoms with Gasteiger partial charge in [-0.15, -0.1) is 0 Å². The van der Waals surface area contributed by atoms with Crippen molar-refractivity contribution in [3.63, 3.8) is 0 Å². The molecular formula is C10H15BrO. The molecular weight excluding hydrogens is 216 g/mol. The SMILES string of the molecule is CC.Cc1cc(C)c(Br)cc1O. The van der Waals surface area contributed by atoms with E-state index in [1.165, 1.54) is 0 Å². The normalized spacial score (nSPS) is 8.75. The summed E-state index contributed by atoms with van der Waals surface area (Å²) in [5, 5.41) is 9.19. The molecule has 68 valence electrons. The lowest BCUT2D eigenvalue weighted by molar-refractivity contribution is 0.470. The molecule has 0 saturated carbocycles. The van der Waals surface area contributed by atoms with E-state index in [1.54, 1.807) is 6.07 Å². The van der Waals surface area contributed by atoms with Crippen LogP contribution in [0.4, 0.5) is 0 Å². The second-order valence-corrected chi connectivity index (χ2v) is 3.24. The Bertz CT molecular complexity index is 206. The van der Waals surface area contributed by atoms with Gasteiger partial charge in [0.05, 0.1) is 0 Å². The van der Waals surface area contributed by atoms with Crippen molar-refractivity contribution in [3.8, 4) is 5.75 Å². The maximum absolute atomic E-state index is 9.19. The average Bonchev–Trinajstić information content (AvgIpc) is 2.05. The second kappa shape index (κ2) is 5.20. The third-order valence-corrected chi connectivity index (χ3v) is 2.33. The molecule has 0 bridgehead atoms. The monoisotopic (exact) mass is 230 g/mol. The molecule has 2 heteroatoms. The van der Waals surface area contributed by atoms with E-state index in [2.05, 4.69) is 15.9 Å². The van der Waals surface area contributed by atoms with Crippen molar-refractivity contribution >= 4 is 15.9 Å². The zero-order valence-corrected chi connectivity index (χ0v) is 9.57. The van der Waals surface area contributed by atoms with Gasteiger partial charge in [0, 0.05) is 4.47 Å². The van der Waals surface area contributed by atoms with Gasteiger partial charge in [-0.2, -0.15) is 0 Å². The van der Waals surface area contributed by atoms with Gasteiger partial charge in [0.2, 0.25) is 0 Å². The molecule has 0 heterocycles. The van der Waals surface area contributed by atoms with E-state index in [4.69, 9.17) is 0 Å². The van der Waals surface area contributed by atoms with Crippen LogP contribution in [-0.4, -0.2) is 5.11 Å². The third kappa shape index (κ3) is 2.86. The van der Waals surface area contributed by atoms with Gasteiger partial charge in [0.15, 0.2) is 0 Å². The number of benzene rings is 1. The van der Waals surface area contributed by atoms with Gasteiger partial charge in [0.1, 0.15) is 5.75 Å². The minimum absolute atomic E-state index is 0.345. The fraction of sp³-hybridized carbons (Fsp3) is 0.400. The smallest absolute Gasteiger partial charge is 0.119 e. The van der Waals surface area contributed by atoms with Crippen LogP contribution in [0, 0.1) is 13.8 Å². The number of halogens is 1. The van der Waals surface area contributed by atoms with Crippen molar-refractivity contribution in [1.29, 1.82) is 0 Å². The first-order valence-electron chi connectivity index (χ1n) is 4.07. The average molecular weight is 231 g/mol. The van der Waals surface area contributed by atoms with Crippen molar-refractivity contribution in [1.82, 2.24) is 0 Å². The van der Waals surface area contributed by atoms with Crippen LogP contribution < -0.4 is 0 Å². The molecule has 0 atom stereocenters. The first-order valence-corrected chi connectivity index (χ1v) is 4.86. The minimum Gasteiger partial charge on any atom is -0.508 e. The summed E-state index contributed by atoms with van der Waals surface area (Å²) in [5.74, 6) is 0.345. The Balaban J connectivity index is 0.000000561. The Hall–Kier alpha value is -0.500. The van der Waals surface area contributed by atoms with E-state index >= 15 is 0 Å². The highest BCUT2D eigenvalue weighted by atomic mass is 79.9. The lowest BCUT2D eigenvalue weighted by Gasteiger charge is -2.01. The Kier molecular flexibility index (Phi) is 4.98. The van der Waals surface area contributed by atoms with Crippen LogP contribution in [0.15, 0.2) is 16.6 Å². The Morgan fingerprint density at radius 2 is 1.58 bits per heavy atom. The molecule has 0 aliphatic carbocycles. The third-order valence-electron chi connectivity index (χ3n) is 1.48. The van der Waals surface area contributed by atoms with Gasteiger partial charge in [-0.05, 0) is 31.0 Å². The van der Waals surface area contributed by atoms with Crippen molar-refractivity contribution in [2.24, 2.45) is 0 Å². The van der Waals surface area contributed by atoms with E-state index in [9.17, 15) is 5.11 Å². The number of hydrogen-bond donors (Lipinski definition) is 1. The highest BCUT2D eigenvalue weighted by Gasteiger charge is 1.98. The molecule has 0 aromatic heterocycles. The summed E-state index contributed by atoms with van der Waals surface area (Å²) in [7, 11) is 0. The van der Waals surface area contributed by atoms with E-state index < -0.39 is 0 Å². The van der Waals surface area contributed by atoms with Crippen LogP contribution >= 0.6 is 15.9 Å². The standard InChI is InChI=1S/C8H9BrO.C2H6/c1-5-3-6(2)8(10)4-7(5)9;1-2/h3-4,10H,1-2H3;1-2H3. The van der Waals surface area contributed by atoms with Gasteiger partial charge >= 0.3 is 0 Å². The van der Waals surface area contributed by atoms with Gasteiger partial charge in [-0.3, -0.25) is 0 Å². The summed E-state index contributed by atoms with van der Waals surface area (Å²) < 4.78 is 0.954. The molecule has 0 radical (unpaired) electrons. The molecule has 0 saturated heterocycles. The van der Waals surface area contributed by atoms with E-state index in [-0.39, 0.29) is 0 Å². The van der Waals surface area contributed by atoms with Crippen LogP contribution in [0.3, 0.4) is 0 Å². The molecule has 1 aromatic rings. The lowest BCUT2D eigenvalue weighted by Crippen LogP contribution is -1.79. The highest BCUT2D eigenvalue weighted by molar-refractivity contribution is 9.10. The summed E-state index contributed by atoms with van der Waals surface area (Å²) in [6, 6.07) is 3.66. The van der Waals surface area contributed by atoms with Crippen molar-refractivity contribution in [2.45, 2.75) is 27.7 Å². The van der Waals surface area contributed by atoms with Gasteiger partial charge in [0.25, 0.3) is 0 Å². The molecule has 0 spiro atoms. The zero-order valence-electron chi connectivity index (χ0n) is 7.98. The van der Waals surface area contributed by atoms with Crippen molar-refractivity contribution in [3.05, 3.63) is 27.7 Å². The minimum atomic E-state index is 0.345. The molecule has 0 amide bonds. The molecule has 1 rings (SSSR count). The van der Waals surface area contributed by atoms with Crippen LogP contribution in [0.25, 0.3) is 0 Å². The molecule has 0 unspecified atom stereocenters. The Labute approximate surface area is 82.6 Å². The predicted octanol–water partition coefficient (Wildman–Crippen LogP) is 3.80. The largest absolute Gasteiger partial charge is 0.508 e. The lowest BCUT2D eigenvalue weighted by atomic mass is 10.1. The maximum Gasteiger partial charge on any atom is 0.119 e. The van der Waals surface area contributed by atoms with Crippen LogP contribution in [-0.2, 0) is 0 Å². The molecule has 0 aliphatic rings. The second-order valence-electron chi connectivity index (χ2n) is 2.39. The number of rotatable bonds is 0. The number of aryl methyl sites for hydroxylation is 2. The molecule has 1 N–H and O–H groups in total. The summed E-state index contributed by atoms with van der Waals surface area (Å²) in [5.41, 5.74) is 2.07. The van der Waals surface area contributed by atoms with Gasteiger partial charge in [-0.1, -0.05) is 35.8 Å². The van der Waals surface area contributed by atoms with E-state index in [0.29, 0.717) is 5.75 Å². The summed E-state index contributed by atoms with van der Waals surface area (Å²) in [6.45, 7) is 7.88. The number of phenolic OH excluding ortho intramolecular Hbond substituents is 1. The molecule has 0 aliphatic heterocycles. The molecule has 1 aromatic carbocycles. The van der Waals surface area contributed by atoms with Crippen molar-refractivity contribution in [2.75, 3.05) is 0 Å². The zero-order chi connectivity index (χ0) is 9.72. The number of aromatic hydroxyl groups is 1. The topological polar surface area (TPSA) is 20.2 Å².